The average molecular weight is 512 g/mol. The lowest BCUT2D eigenvalue weighted by atomic mass is 10.1. The highest BCUT2D eigenvalue weighted by Gasteiger charge is 2.39. The summed E-state index contributed by atoms with van der Waals surface area (Å²) in [6, 6.07) is 9.43. The molecule has 1 aliphatic heterocycles. The molecular weight excluding hydrogens is 495 g/mol. The number of halogens is 4. The second kappa shape index (κ2) is 11.1. The van der Waals surface area contributed by atoms with E-state index >= 15 is 0 Å². The minimum atomic E-state index is -4.87. The molecule has 1 aliphatic rings. The van der Waals surface area contributed by atoms with Crippen LogP contribution in [0, 0.1) is 16.7 Å². The maximum atomic E-state index is 14.1. The molecule has 1 aromatic heterocycles. The van der Waals surface area contributed by atoms with Gasteiger partial charge in [0.05, 0.1) is 40.6 Å². The number of pyridine rings is 1. The molecular formula is C23H17ClF3N9. The number of fused-ring (bicyclic) bond motifs is 1. The fraction of sp³-hybridized carbons (Fsp3) is 0.0435. The number of nitrogens with zero attached hydrogens (tertiary/aromatic N) is 6. The Balaban J connectivity index is 1.92. The molecule has 2 aromatic rings. The number of rotatable bonds is 7. The van der Waals surface area contributed by atoms with Crippen LogP contribution in [0.4, 0.5) is 18.9 Å². The van der Waals surface area contributed by atoms with Crippen molar-refractivity contribution >= 4 is 52.0 Å². The van der Waals surface area contributed by atoms with Crippen molar-refractivity contribution in [3.63, 3.8) is 0 Å². The Bertz CT molecular complexity index is 1420. The van der Waals surface area contributed by atoms with E-state index in [2.05, 4.69) is 32.1 Å². The van der Waals surface area contributed by atoms with Gasteiger partial charge in [0.2, 0.25) is 0 Å². The second-order valence-corrected chi connectivity index (χ2v) is 7.37. The summed E-state index contributed by atoms with van der Waals surface area (Å²) in [4.78, 5) is 8.01. The van der Waals surface area contributed by atoms with E-state index in [0.29, 0.717) is 10.9 Å². The number of hydrazone groups is 2. The zero-order valence-corrected chi connectivity index (χ0v) is 19.1. The molecule has 0 unspecified atom stereocenters. The van der Waals surface area contributed by atoms with Gasteiger partial charge in [-0.1, -0.05) is 24.2 Å². The van der Waals surface area contributed by atoms with Gasteiger partial charge in [-0.2, -0.15) is 33.8 Å². The van der Waals surface area contributed by atoms with E-state index in [1.165, 1.54) is 30.8 Å². The van der Waals surface area contributed by atoms with Crippen molar-refractivity contribution in [3.05, 3.63) is 83.6 Å². The van der Waals surface area contributed by atoms with E-state index in [9.17, 15) is 13.2 Å². The van der Waals surface area contributed by atoms with E-state index in [0.717, 1.165) is 17.5 Å². The number of nitrogens with one attached hydrogen (secondary N) is 2. The molecule has 0 saturated heterocycles. The van der Waals surface area contributed by atoms with Crippen molar-refractivity contribution in [2.45, 2.75) is 6.18 Å². The van der Waals surface area contributed by atoms with E-state index in [1.807, 2.05) is 0 Å². The number of hydrogen-bond donors (Lipinski definition) is 3. The molecule has 0 fully saturated rings. The third-order valence-electron chi connectivity index (χ3n) is 4.44. The number of hydrogen-bond acceptors (Lipinski definition) is 9. The summed E-state index contributed by atoms with van der Waals surface area (Å²) in [5, 5.41) is 27.8. The first kappa shape index (κ1) is 25.9. The molecule has 0 bridgehead atoms. The molecule has 1 aromatic carbocycles. The van der Waals surface area contributed by atoms with Gasteiger partial charge in [-0.05, 0) is 30.3 Å². The maximum absolute atomic E-state index is 14.1. The molecule has 36 heavy (non-hydrogen) atoms. The Labute approximate surface area is 208 Å². The van der Waals surface area contributed by atoms with Crippen molar-refractivity contribution in [2.24, 2.45) is 20.9 Å². The molecule has 13 heteroatoms. The van der Waals surface area contributed by atoms with Gasteiger partial charge in [-0.25, -0.2) is 4.99 Å². The zero-order valence-electron chi connectivity index (χ0n) is 18.3. The Hall–Kier alpha value is -4.76. The van der Waals surface area contributed by atoms with Crippen molar-refractivity contribution in [3.8, 4) is 6.07 Å². The molecule has 0 aliphatic carbocycles. The molecule has 182 valence electrons. The summed E-state index contributed by atoms with van der Waals surface area (Å²) in [5.74, 6) is 0. The third-order valence-corrected chi connectivity index (χ3v) is 4.65. The molecule has 3 rings (SSSR count). The summed E-state index contributed by atoms with van der Waals surface area (Å²) < 4.78 is 42.3. The first-order chi connectivity index (χ1) is 17.1. The fourth-order valence-electron chi connectivity index (χ4n) is 2.91. The summed E-state index contributed by atoms with van der Waals surface area (Å²) in [6.07, 6.45) is 2.17. The van der Waals surface area contributed by atoms with Crippen molar-refractivity contribution in [1.29, 1.82) is 10.7 Å². The highest BCUT2D eigenvalue weighted by atomic mass is 35.5. The number of alkyl halides is 3. The van der Waals surface area contributed by atoms with Crippen LogP contribution < -0.4 is 11.1 Å². The van der Waals surface area contributed by atoms with Crippen LogP contribution in [-0.4, -0.2) is 40.1 Å². The highest BCUT2D eigenvalue weighted by Crippen LogP contribution is 2.31. The molecule has 2 heterocycles. The second-order valence-electron chi connectivity index (χ2n) is 6.94. The molecule has 0 atom stereocenters. The molecule has 0 spiro atoms. The standard InChI is InChI=1S/C23H17ClF3N9/c1-14(34-17-8-15(24)13-36(33-12-17)32-11-16(30)9-28)19(10-29)22(23(25,26)27)35-21-6-2-5-20-18(21)4-3-7-31-20/h2-8,10-13,30,34H,1,29H2/b19-10?,30-16?,32-11-,35-22?. The van der Waals surface area contributed by atoms with E-state index in [1.54, 1.807) is 30.3 Å². The van der Waals surface area contributed by atoms with Crippen molar-refractivity contribution in [1.82, 2.24) is 15.4 Å². The number of allylic oxidation sites excluding steroid dienone is 4. The van der Waals surface area contributed by atoms with Crippen LogP contribution in [0.25, 0.3) is 10.9 Å². The van der Waals surface area contributed by atoms with E-state index in [-0.39, 0.29) is 22.1 Å². The summed E-state index contributed by atoms with van der Waals surface area (Å²) in [7, 11) is 0. The normalized spacial score (nSPS) is 14.8. The van der Waals surface area contributed by atoms with Gasteiger partial charge >= 0.3 is 6.18 Å². The predicted molar refractivity (Wildman–Crippen MR) is 134 cm³/mol. The minimum absolute atomic E-state index is 0.0535. The number of benzene rings is 1. The van der Waals surface area contributed by atoms with Crippen LogP contribution in [0.3, 0.4) is 0 Å². The van der Waals surface area contributed by atoms with Gasteiger partial charge in [0.15, 0.2) is 11.4 Å². The van der Waals surface area contributed by atoms with E-state index in [4.69, 9.17) is 28.0 Å². The topological polar surface area (TPSA) is 139 Å². The Morgan fingerprint density at radius 3 is 2.78 bits per heavy atom. The van der Waals surface area contributed by atoms with Gasteiger partial charge in [0.1, 0.15) is 6.07 Å². The lowest BCUT2D eigenvalue weighted by Crippen LogP contribution is -2.29. The average Bonchev–Trinajstić information content (AvgIpc) is 3.02. The van der Waals surface area contributed by atoms with Crippen LogP contribution in [0.15, 0.2) is 98.8 Å². The molecule has 0 amide bonds. The number of nitrogens with two attached hydrogens (primary N) is 1. The summed E-state index contributed by atoms with van der Waals surface area (Å²) in [5.41, 5.74) is 3.86. The van der Waals surface area contributed by atoms with Crippen LogP contribution in [0.5, 0.6) is 0 Å². The van der Waals surface area contributed by atoms with Gasteiger partial charge in [-0.3, -0.25) is 10.4 Å². The Morgan fingerprint density at radius 1 is 1.31 bits per heavy atom. The summed E-state index contributed by atoms with van der Waals surface area (Å²) in [6.45, 7) is 3.68. The zero-order chi connectivity index (χ0) is 26.3. The fourth-order valence-corrected chi connectivity index (χ4v) is 3.12. The first-order valence-electron chi connectivity index (χ1n) is 9.95. The third kappa shape index (κ3) is 6.43. The molecule has 0 radical (unpaired) electrons. The highest BCUT2D eigenvalue weighted by molar-refractivity contribution is 6.36. The van der Waals surface area contributed by atoms with Crippen molar-refractivity contribution < 1.29 is 13.2 Å². The van der Waals surface area contributed by atoms with Crippen LogP contribution in [0.2, 0.25) is 0 Å². The van der Waals surface area contributed by atoms with Gasteiger partial charge in [0, 0.05) is 29.1 Å². The summed E-state index contributed by atoms with van der Waals surface area (Å²) >= 11 is 6.11. The molecule has 0 saturated carbocycles. The predicted octanol–water partition coefficient (Wildman–Crippen LogP) is 4.61. The SMILES string of the molecule is C=C(NC1=CC(Cl)=CN(/N=C\C(=N)C#N)N=C1)C(=CN)C(=Nc1cccc2ncccc12)C(F)(F)F. The maximum Gasteiger partial charge on any atom is 0.434 e. The molecule has 4 N–H and O–H groups in total. The van der Waals surface area contributed by atoms with Crippen LogP contribution >= 0.6 is 11.6 Å². The lowest BCUT2D eigenvalue weighted by Gasteiger charge is -2.18. The smallest absolute Gasteiger partial charge is 0.404 e. The number of aliphatic imine (C=N–C) groups is 1. The van der Waals surface area contributed by atoms with E-state index < -0.39 is 23.2 Å². The van der Waals surface area contributed by atoms with Gasteiger partial charge in [0.25, 0.3) is 0 Å². The number of nitriles is 1. The quantitative estimate of drug-likeness (QED) is 0.368. The monoisotopic (exact) mass is 511 g/mol. The first-order valence-corrected chi connectivity index (χ1v) is 10.3. The van der Waals surface area contributed by atoms with Crippen LogP contribution in [-0.2, 0) is 0 Å². The van der Waals surface area contributed by atoms with Crippen LogP contribution in [0.1, 0.15) is 0 Å². The molecule has 9 nitrogen and oxygen atoms in total. The van der Waals surface area contributed by atoms with Gasteiger partial charge in [-0.15, -0.1) is 0 Å². The Kier molecular flexibility index (Phi) is 7.98. The van der Waals surface area contributed by atoms with Gasteiger partial charge < -0.3 is 11.1 Å². The minimum Gasteiger partial charge on any atom is -0.404 e. The number of aromatic nitrogens is 1. The lowest BCUT2D eigenvalue weighted by molar-refractivity contribution is -0.0581. The van der Waals surface area contributed by atoms with Crippen molar-refractivity contribution in [2.75, 3.05) is 0 Å². The largest absolute Gasteiger partial charge is 0.434 e. The Morgan fingerprint density at radius 2 is 2.08 bits per heavy atom.